The first-order valence-electron chi connectivity index (χ1n) is 7.47. The summed E-state index contributed by atoms with van der Waals surface area (Å²) in [5.74, 6) is 0.627. The Balaban J connectivity index is 1.88. The van der Waals surface area contributed by atoms with Crippen molar-refractivity contribution >= 4 is 17.3 Å². The highest BCUT2D eigenvalue weighted by Crippen LogP contribution is 2.17. The Hall–Kier alpha value is -2.53. The number of carbonyl (C=O) groups is 1. The van der Waals surface area contributed by atoms with E-state index in [1.165, 1.54) is 0 Å². The smallest absolute Gasteiger partial charge is 0.243 e. The van der Waals surface area contributed by atoms with E-state index in [-0.39, 0.29) is 12.5 Å². The number of anilines is 2. The van der Waals surface area contributed by atoms with Gasteiger partial charge in [0.25, 0.3) is 0 Å². The maximum absolute atomic E-state index is 12.2. The molecule has 2 aromatic carbocycles. The average Bonchev–Trinajstić information content (AvgIpc) is 2.56. The third-order valence-corrected chi connectivity index (χ3v) is 3.25. The monoisotopic (exact) mass is 314 g/mol. The van der Waals surface area contributed by atoms with Gasteiger partial charge in [0.05, 0.1) is 13.2 Å². The molecular weight excluding hydrogens is 292 g/mol. The number of amides is 1. The predicted octanol–water partition coefficient (Wildman–Crippen LogP) is 2.79. The van der Waals surface area contributed by atoms with E-state index in [1.54, 1.807) is 13.2 Å². The molecular formula is C18H22N2O3. The number of nitrogens with zero attached hydrogens (tertiary/aromatic N) is 1. The van der Waals surface area contributed by atoms with Crippen LogP contribution in [0.2, 0.25) is 0 Å². The van der Waals surface area contributed by atoms with Crippen LogP contribution in [0.1, 0.15) is 0 Å². The van der Waals surface area contributed by atoms with Crippen LogP contribution in [0.25, 0.3) is 0 Å². The first kappa shape index (κ1) is 16.8. The molecule has 0 aliphatic heterocycles. The molecule has 0 spiro atoms. The summed E-state index contributed by atoms with van der Waals surface area (Å²) >= 11 is 0. The minimum absolute atomic E-state index is 0.0783. The number of hydrogen-bond donors (Lipinski definition) is 1. The molecule has 5 heteroatoms. The lowest BCUT2D eigenvalue weighted by molar-refractivity contribution is -0.114. The summed E-state index contributed by atoms with van der Waals surface area (Å²) in [4.78, 5) is 14.1. The van der Waals surface area contributed by atoms with E-state index in [1.807, 2.05) is 60.5 Å². The van der Waals surface area contributed by atoms with Gasteiger partial charge in [0.1, 0.15) is 12.4 Å². The van der Waals surface area contributed by atoms with Crippen molar-refractivity contribution in [3.05, 3.63) is 54.6 Å². The van der Waals surface area contributed by atoms with E-state index in [4.69, 9.17) is 9.47 Å². The van der Waals surface area contributed by atoms with Gasteiger partial charge in [0.2, 0.25) is 5.91 Å². The number of likely N-dealkylation sites (N-methyl/N-ethyl adjacent to an activating group) is 1. The quantitative estimate of drug-likeness (QED) is 0.761. The van der Waals surface area contributed by atoms with Crippen LogP contribution in [0.15, 0.2) is 54.6 Å². The number of benzene rings is 2. The zero-order valence-corrected chi connectivity index (χ0v) is 13.5. The maximum Gasteiger partial charge on any atom is 0.243 e. The van der Waals surface area contributed by atoms with Gasteiger partial charge in [-0.15, -0.1) is 0 Å². The molecule has 23 heavy (non-hydrogen) atoms. The van der Waals surface area contributed by atoms with Crippen molar-refractivity contribution in [2.45, 2.75) is 0 Å². The van der Waals surface area contributed by atoms with E-state index in [9.17, 15) is 4.79 Å². The van der Waals surface area contributed by atoms with Gasteiger partial charge in [-0.25, -0.2) is 0 Å². The van der Waals surface area contributed by atoms with Gasteiger partial charge in [-0.2, -0.15) is 0 Å². The molecule has 0 radical (unpaired) electrons. The number of methoxy groups -OCH3 is 1. The Morgan fingerprint density at radius 2 is 1.87 bits per heavy atom. The highest BCUT2D eigenvalue weighted by Gasteiger charge is 2.08. The Bertz CT molecular complexity index is 617. The van der Waals surface area contributed by atoms with Crippen LogP contribution in [0.3, 0.4) is 0 Å². The fourth-order valence-electron chi connectivity index (χ4n) is 2.10. The van der Waals surface area contributed by atoms with Crippen LogP contribution in [-0.4, -0.2) is 39.8 Å². The average molecular weight is 314 g/mol. The SMILES string of the molecule is COCCOc1cccc(NC(=O)CN(C)c2ccccc2)c1. The maximum atomic E-state index is 12.2. The highest BCUT2D eigenvalue weighted by molar-refractivity contribution is 5.94. The van der Waals surface area contributed by atoms with Crippen molar-refractivity contribution in [1.29, 1.82) is 0 Å². The second-order valence-corrected chi connectivity index (χ2v) is 5.11. The topological polar surface area (TPSA) is 50.8 Å². The summed E-state index contributed by atoms with van der Waals surface area (Å²) in [5, 5.41) is 2.88. The number of para-hydroxylation sites is 1. The first-order valence-corrected chi connectivity index (χ1v) is 7.47. The molecule has 0 aromatic heterocycles. The molecule has 1 amide bonds. The molecule has 0 saturated carbocycles. The Morgan fingerprint density at radius 1 is 1.09 bits per heavy atom. The van der Waals surface area contributed by atoms with Crippen LogP contribution in [0, 0.1) is 0 Å². The van der Waals surface area contributed by atoms with Crippen molar-refractivity contribution < 1.29 is 14.3 Å². The lowest BCUT2D eigenvalue weighted by atomic mass is 10.3. The molecule has 0 bridgehead atoms. The fourth-order valence-corrected chi connectivity index (χ4v) is 2.10. The second-order valence-electron chi connectivity index (χ2n) is 5.11. The minimum atomic E-state index is -0.0783. The standard InChI is InChI=1S/C18H22N2O3/c1-20(16-8-4-3-5-9-16)14-18(21)19-15-7-6-10-17(13-15)23-12-11-22-2/h3-10,13H,11-12,14H2,1-2H3,(H,19,21). The van der Waals surface area contributed by atoms with Gasteiger partial charge in [0.15, 0.2) is 0 Å². The van der Waals surface area contributed by atoms with Gasteiger partial charge in [-0.3, -0.25) is 4.79 Å². The Labute approximate surface area is 136 Å². The summed E-state index contributed by atoms with van der Waals surface area (Å²) < 4.78 is 10.5. The number of hydrogen-bond acceptors (Lipinski definition) is 4. The molecule has 2 rings (SSSR count). The van der Waals surface area contributed by atoms with Crippen molar-refractivity contribution in [2.75, 3.05) is 44.1 Å². The van der Waals surface area contributed by atoms with E-state index < -0.39 is 0 Å². The number of ether oxygens (including phenoxy) is 2. The summed E-state index contributed by atoms with van der Waals surface area (Å²) in [6, 6.07) is 17.1. The summed E-state index contributed by atoms with van der Waals surface area (Å²) in [7, 11) is 3.52. The normalized spacial score (nSPS) is 10.2. The predicted molar refractivity (Wildman–Crippen MR) is 92.2 cm³/mol. The largest absolute Gasteiger partial charge is 0.491 e. The van der Waals surface area contributed by atoms with Crippen LogP contribution in [-0.2, 0) is 9.53 Å². The third-order valence-electron chi connectivity index (χ3n) is 3.25. The molecule has 2 aromatic rings. The lowest BCUT2D eigenvalue weighted by Gasteiger charge is -2.18. The zero-order valence-electron chi connectivity index (χ0n) is 13.5. The van der Waals surface area contributed by atoms with Crippen LogP contribution < -0.4 is 15.0 Å². The first-order chi connectivity index (χ1) is 11.2. The Kier molecular flexibility index (Phi) is 6.44. The molecule has 0 aliphatic carbocycles. The fraction of sp³-hybridized carbons (Fsp3) is 0.278. The van der Waals surface area contributed by atoms with Crippen molar-refractivity contribution in [1.82, 2.24) is 0 Å². The summed E-state index contributed by atoms with van der Waals surface area (Å²) in [5.41, 5.74) is 1.71. The zero-order chi connectivity index (χ0) is 16.5. The molecule has 122 valence electrons. The van der Waals surface area contributed by atoms with E-state index in [2.05, 4.69) is 5.32 Å². The van der Waals surface area contributed by atoms with Crippen molar-refractivity contribution in [3.63, 3.8) is 0 Å². The summed E-state index contributed by atoms with van der Waals surface area (Å²) in [6.07, 6.45) is 0. The van der Waals surface area contributed by atoms with E-state index in [0.29, 0.717) is 24.7 Å². The third kappa shape index (κ3) is 5.64. The van der Waals surface area contributed by atoms with Gasteiger partial charge >= 0.3 is 0 Å². The van der Waals surface area contributed by atoms with Gasteiger partial charge in [0, 0.05) is 31.6 Å². The van der Waals surface area contributed by atoms with Crippen LogP contribution in [0.5, 0.6) is 5.75 Å². The number of carbonyl (C=O) groups excluding carboxylic acids is 1. The molecule has 1 N–H and O–H groups in total. The molecule has 0 fully saturated rings. The second kappa shape index (κ2) is 8.80. The Morgan fingerprint density at radius 3 is 2.61 bits per heavy atom. The molecule has 0 unspecified atom stereocenters. The molecule has 0 atom stereocenters. The number of nitrogens with one attached hydrogen (secondary N) is 1. The van der Waals surface area contributed by atoms with Gasteiger partial charge < -0.3 is 19.7 Å². The molecule has 5 nitrogen and oxygen atoms in total. The minimum Gasteiger partial charge on any atom is -0.491 e. The van der Waals surface area contributed by atoms with Crippen LogP contribution in [0.4, 0.5) is 11.4 Å². The van der Waals surface area contributed by atoms with E-state index in [0.717, 1.165) is 5.69 Å². The summed E-state index contributed by atoms with van der Waals surface area (Å²) in [6.45, 7) is 1.28. The molecule has 0 aliphatic rings. The van der Waals surface area contributed by atoms with Gasteiger partial charge in [-0.1, -0.05) is 24.3 Å². The van der Waals surface area contributed by atoms with Crippen molar-refractivity contribution in [3.8, 4) is 5.75 Å². The van der Waals surface area contributed by atoms with Crippen molar-refractivity contribution in [2.24, 2.45) is 0 Å². The lowest BCUT2D eigenvalue weighted by Crippen LogP contribution is -2.29. The van der Waals surface area contributed by atoms with E-state index >= 15 is 0 Å². The van der Waals surface area contributed by atoms with Gasteiger partial charge in [-0.05, 0) is 24.3 Å². The molecule has 0 saturated heterocycles. The molecule has 0 heterocycles. The van der Waals surface area contributed by atoms with Crippen LogP contribution >= 0.6 is 0 Å². The number of rotatable bonds is 8. The highest BCUT2D eigenvalue weighted by atomic mass is 16.5.